The van der Waals surface area contributed by atoms with E-state index in [1.54, 1.807) is 13.2 Å². The fourth-order valence-corrected chi connectivity index (χ4v) is 3.62. The normalized spacial score (nSPS) is 15.7. The van der Waals surface area contributed by atoms with E-state index in [-0.39, 0.29) is 6.61 Å². The lowest BCUT2D eigenvalue weighted by Gasteiger charge is -2.28. The summed E-state index contributed by atoms with van der Waals surface area (Å²) in [6.45, 7) is 3.79. The fourth-order valence-electron chi connectivity index (χ4n) is 3.62. The molecule has 0 amide bonds. The van der Waals surface area contributed by atoms with Crippen LogP contribution in [-0.2, 0) is 13.1 Å². The van der Waals surface area contributed by atoms with Crippen molar-refractivity contribution in [2.45, 2.75) is 38.5 Å². The van der Waals surface area contributed by atoms with E-state index in [4.69, 9.17) is 9.47 Å². The molecule has 2 aromatic rings. The molecular formula is C23H30F2N2O3. The number of nitrogens with zero attached hydrogens (tertiary/aromatic N) is 1. The molecule has 0 spiro atoms. The minimum Gasteiger partial charge on any atom is -0.493 e. The third-order valence-corrected chi connectivity index (χ3v) is 5.22. The minimum absolute atomic E-state index is 0.193. The zero-order valence-corrected chi connectivity index (χ0v) is 17.4. The third-order valence-electron chi connectivity index (χ3n) is 5.22. The van der Waals surface area contributed by atoms with Gasteiger partial charge in [0.1, 0.15) is 12.7 Å². The highest BCUT2D eigenvalue weighted by Gasteiger charge is 2.16. The smallest absolute Gasteiger partial charge is 0.161 e. The van der Waals surface area contributed by atoms with Crippen LogP contribution < -0.4 is 14.8 Å². The molecule has 0 radical (unpaired) electrons. The highest BCUT2D eigenvalue weighted by molar-refractivity contribution is 5.43. The van der Waals surface area contributed by atoms with Crippen LogP contribution in [-0.4, -0.2) is 49.5 Å². The molecule has 1 heterocycles. The van der Waals surface area contributed by atoms with Gasteiger partial charge in [-0.1, -0.05) is 18.6 Å². The molecule has 1 aliphatic heterocycles. The lowest BCUT2D eigenvalue weighted by molar-refractivity contribution is 0.0608. The Bertz CT molecular complexity index is 813. The molecule has 0 aromatic heterocycles. The fraction of sp³-hybridized carbons (Fsp3) is 0.478. The van der Waals surface area contributed by atoms with Gasteiger partial charge in [0, 0.05) is 19.6 Å². The molecule has 7 heteroatoms. The summed E-state index contributed by atoms with van der Waals surface area (Å²) in [5.74, 6) is -0.525. The molecular weight excluding hydrogens is 390 g/mol. The summed E-state index contributed by atoms with van der Waals surface area (Å²) in [6, 6.07) is 9.47. The average Bonchev–Trinajstić information content (AvgIpc) is 2.75. The van der Waals surface area contributed by atoms with Crippen LogP contribution in [0, 0.1) is 11.6 Å². The van der Waals surface area contributed by atoms with E-state index in [0.29, 0.717) is 36.7 Å². The van der Waals surface area contributed by atoms with Crippen LogP contribution in [0.25, 0.3) is 0 Å². The van der Waals surface area contributed by atoms with Crippen LogP contribution in [0.15, 0.2) is 36.4 Å². The van der Waals surface area contributed by atoms with Gasteiger partial charge >= 0.3 is 0 Å². The second-order valence-corrected chi connectivity index (χ2v) is 7.66. The third kappa shape index (κ3) is 6.65. The Hall–Kier alpha value is -2.22. The number of methoxy groups -OCH3 is 1. The summed E-state index contributed by atoms with van der Waals surface area (Å²) in [5, 5.41) is 13.5. The highest BCUT2D eigenvalue weighted by Crippen LogP contribution is 2.28. The highest BCUT2D eigenvalue weighted by atomic mass is 19.2. The van der Waals surface area contributed by atoms with Crippen molar-refractivity contribution in [3.63, 3.8) is 0 Å². The Balaban J connectivity index is 1.51. The van der Waals surface area contributed by atoms with E-state index in [0.717, 1.165) is 24.7 Å². The van der Waals surface area contributed by atoms with E-state index in [9.17, 15) is 13.9 Å². The summed E-state index contributed by atoms with van der Waals surface area (Å²) in [7, 11) is 1.58. The number of β-amino-alcohol motifs (C(OH)–C–C–N with tert-alkyl or cyclic N) is 1. The van der Waals surface area contributed by atoms with Crippen molar-refractivity contribution in [1.82, 2.24) is 10.2 Å². The number of hydrogen-bond donors (Lipinski definition) is 2. The Labute approximate surface area is 176 Å². The molecule has 1 fully saturated rings. The minimum atomic E-state index is -0.849. The van der Waals surface area contributed by atoms with Gasteiger partial charge in [0.2, 0.25) is 0 Å². The van der Waals surface area contributed by atoms with E-state index >= 15 is 0 Å². The van der Waals surface area contributed by atoms with Crippen LogP contribution in [0.3, 0.4) is 0 Å². The van der Waals surface area contributed by atoms with Crippen molar-refractivity contribution in [2.24, 2.45) is 0 Å². The van der Waals surface area contributed by atoms with Gasteiger partial charge in [0.15, 0.2) is 23.1 Å². The largest absolute Gasteiger partial charge is 0.493 e. The monoisotopic (exact) mass is 420 g/mol. The number of aliphatic hydroxyl groups excluding tert-OH is 1. The first kappa shape index (κ1) is 22.5. The first-order valence-electron chi connectivity index (χ1n) is 10.4. The summed E-state index contributed by atoms with van der Waals surface area (Å²) >= 11 is 0. The molecule has 0 saturated carbocycles. The zero-order chi connectivity index (χ0) is 21.3. The van der Waals surface area contributed by atoms with Gasteiger partial charge < -0.3 is 24.8 Å². The number of likely N-dealkylation sites (tertiary alicyclic amines) is 1. The van der Waals surface area contributed by atoms with Crippen LogP contribution in [0.1, 0.15) is 30.4 Å². The maximum Gasteiger partial charge on any atom is 0.161 e. The zero-order valence-electron chi connectivity index (χ0n) is 17.4. The summed E-state index contributed by atoms with van der Waals surface area (Å²) in [6.07, 6.45) is 3.06. The van der Waals surface area contributed by atoms with E-state index in [1.165, 1.54) is 25.3 Å². The van der Waals surface area contributed by atoms with Crippen LogP contribution >= 0.6 is 0 Å². The quantitative estimate of drug-likeness (QED) is 0.616. The maximum atomic E-state index is 13.3. The molecule has 5 nitrogen and oxygen atoms in total. The van der Waals surface area contributed by atoms with Crippen LogP contribution in [0.4, 0.5) is 8.78 Å². The molecule has 0 bridgehead atoms. The lowest BCUT2D eigenvalue weighted by Crippen LogP contribution is -2.38. The molecule has 0 aliphatic carbocycles. The lowest BCUT2D eigenvalue weighted by atomic mass is 10.1. The van der Waals surface area contributed by atoms with Crippen LogP contribution in [0.5, 0.6) is 11.5 Å². The molecule has 30 heavy (non-hydrogen) atoms. The molecule has 2 N–H and O–H groups in total. The van der Waals surface area contributed by atoms with E-state index in [2.05, 4.69) is 10.2 Å². The Morgan fingerprint density at radius 2 is 1.67 bits per heavy atom. The van der Waals surface area contributed by atoms with Gasteiger partial charge in [0.25, 0.3) is 0 Å². The van der Waals surface area contributed by atoms with Crippen molar-refractivity contribution < 1.29 is 23.4 Å². The first-order valence-corrected chi connectivity index (χ1v) is 10.4. The second kappa shape index (κ2) is 11.2. The second-order valence-electron chi connectivity index (χ2n) is 7.66. The molecule has 0 unspecified atom stereocenters. The van der Waals surface area contributed by atoms with Gasteiger partial charge in [-0.25, -0.2) is 8.78 Å². The first-order chi connectivity index (χ1) is 14.5. The predicted octanol–water partition coefficient (Wildman–Crippen LogP) is 3.49. The van der Waals surface area contributed by atoms with Gasteiger partial charge in [-0.3, -0.25) is 0 Å². The summed E-state index contributed by atoms with van der Waals surface area (Å²) < 4.78 is 37.5. The number of piperidine rings is 1. The molecule has 164 valence electrons. The average molecular weight is 421 g/mol. The summed E-state index contributed by atoms with van der Waals surface area (Å²) in [5.41, 5.74) is 1.62. The molecule has 1 atom stereocenters. The van der Waals surface area contributed by atoms with Gasteiger partial charge in [0.05, 0.1) is 7.11 Å². The van der Waals surface area contributed by atoms with Crippen molar-refractivity contribution in [1.29, 1.82) is 0 Å². The van der Waals surface area contributed by atoms with Gasteiger partial charge in [-0.2, -0.15) is 0 Å². The number of rotatable bonds is 10. The number of aliphatic hydroxyl groups is 1. The van der Waals surface area contributed by atoms with E-state index in [1.807, 2.05) is 18.2 Å². The molecule has 1 saturated heterocycles. The van der Waals surface area contributed by atoms with E-state index < -0.39 is 17.7 Å². The summed E-state index contributed by atoms with van der Waals surface area (Å²) in [4.78, 5) is 2.27. The van der Waals surface area contributed by atoms with Gasteiger partial charge in [-0.05, 0) is 61.3 Å². The van der Waals surface area contributed by atoms with Crippen molar-refractivity contribution in [3.05, 3.63) is 59.2 Å². The van der Waals surface area contributed by atoms with Crippen molar-refractivity contribution >= 4 is 0 Å². The number of benzene rings is 2. The Morgan fingerprint density at radius 1 is 0.967 bits per heavy atom. The van der Waals surface area contributed by atoms with Crippen molar-refractivity contribution in [3.8, 4) is 11.5 Å². The number of hydrogen-bond acceptors (Lipinski definition) is 5. The SMILES string of the molecule is COc1ccc(CNCc2ccc(F)c(F)c2)cc1OC[C@@H](O)CN1CCCCC1. The molecule has 3 rings (SSSR count). The number of halogens is 2. The predicted molar refractivity (Wildman–Crippen MR) is 112 cm³/mol. The Kier molecular flexibility index (Phi) is 8.42. The molecule has 1 aliphatic rings. The van der Waals surface area contributed by atoms with Crippen molar-refractivity contribution in [2.75, 3.05) is 33.4 Å². The number of nitrogens with one attached hydrogen (secondary N) is 1. The molecule has 2 aromatic carbocycles. The van der Waals surface area contributed by atoms with Crippen LogP contribution in [0.2, 0.25) is 0 Å². The maximum absolute atomic E-state index is 13.3. The Morgan fingerprint density at radius 3 is 2.37 bits per heavy atom. The topological polar surface area (TPSA) is 54.0 Å². The number of ether oxygens (including phenoxy) is 2. The standard InChI is InChI=1S/C23H30F2N2O3/c1-29-22-8-6-18(14-26-13-17-5-7-20(24)21(25)11-17)12-23(22)30-16-19(28)15-27-9-3-2-4-10-27/h5-8,11-12,19,26,28H,2-4,9-10,13-16H2,1H3/t19-/m0/s1. The van der Waals surface area contributed by atoms with Gasteiger partial charge in [-0.15, -0.1) is 0 Å².